The Kier molecular flexibility index (Phi) is 8.18. The van der Waals surface area contributed by atoms with E-state index in [1.807, 2.05) is 19.1 Å². The van der Waals surface area contributed by atoms with Gasteiger partial charge >= 0.3 is 5.97 Å². The molecule has 1 aromatic carbocycles. The lowest BCUT2D eigenvalue weighted by Gasteiger charge is -2.29. The number of carbonyl (C=O) groups is 1. The normalized spacial score (nSPS) is 15.0. The van der Waals surface area contributed by atoms with Gasteiger partial charge in [0, 0.05) is 43.7 Å². The van der Waals surface area contributed by atoms with Gasteiger partial charge in [-0.2, -0.15) is 0 Å². The maximum absolute atomic E-state index is 13.2. The summed E-state index contributed by atoms with van der Waals surface area (Å²) in [5.74, 6) is -0.221. The standard InChI is InChI=1S/C29H30ClN5O5/c1-18-13-21-25(14-24(18)34-11-4-5-20(34)17-40-28-23(30)6-3-9-32-28)35(16-22(27(21)36)29(37)38)19-7-8-26(33-15-19)31-10-12-39-2/h3,6-9,13-16,20H,4-5,10-12,17H2,1-2H3,(H,31,33)(H,37,38). The molecule has 1 aliphatic rings. The van der Waals surface area contributed by atoms with Crippen LogP contribution in [-0.2, 0) is 4.74 Å². The Morgan fingerprint density at radius 3 is 2.83 bits per heavy atom. The van der Waals surface area contributed by atoms with E-state index in [4.69, 9.17) is 21.1 Å². The summed E-state index contributed by atoms with van der Waals surface area (Å²) in [6.45, 7) is 4.29. The van der Waals surface area contributed by atoms with E-state index in [-0.39, 0.29) is 11.6 Å². The number of carboxylic acid groups (broad SMARTS) is 1. The van der Waals surface area contributed by atoms with Gasteiger partial charge in [-0.15, -0.1) is 0 Å². The van der Waals surface area contributed by atoms with Crippen molar-refractivity contribution in [1.29, 1.82) is 0 Å². The van der Waals surface area contributed by atoms with Gasteiger partial charge in [0.2, 0.25) is 11.3 Å². The second-order valence-electron chi connectivity index (χ2n) is 9.61. The van der Waals surface area contributed by atoms with Crippen LogP contribution in [0.4, 0.5) is 11.5 Å². The number of ether oxygens (including phenoxy) is 2. The first kappa shape index (κ1) is 27.4. The van der Waals surface area contributed by atoms with E-state index < -0.39 is 11.4 Å². The number of aromatic carboxylic acids is 1. The molecule has 1 unspecified atom stereocenters. The minimum atomic E-state index is -1.28. The topological polar surface area (TPSA) is 119 Å². The monoisotopic (exact) mass is 563 g/mol. The quantitative estimate of drug-likeness (QED) is 0.268. The molecule has 4 aromatic rings. The van der Waals surface area contributed by atoms with Gasteiger partial charge in [0.25, 0.3) is 0 Å². The van der Waals surface area contributed by atoms with Gasteiger partial charge < -0.3 is 29.4 Å². The molecule has 1 atom stereocenters. The number of nitrogens with one attached hydrogen (secondary N) is 1. The molecule has 1 fully saturated rings. The van der Waals surface area contributed by atoms with Crippen LogP contribution in [-0.4, -0.2) is 65.1 Å². The molecule has 11 heteroatoms. The lowest BCUT2D eigenvalue weighted by atomic mass is 10.0. The van der Waals surface area contributed by atoms with E-state index in [1.165, 1.54) is 6.20 Å². The molecule has 2 N–H and O–H groups in total. The summed E-state index contributed by atoms with van der Waals surface area (Å²) in [6, 6.07) is 10.9. The van der Waals surface area contributed by atoms with Gasteiger partial charge in [-0.1, -0.05) is 11.6 Å². The molecule has 0 amide bonds. The van der Waals surface area contributed by atoms with Crippen molar-refractivity contribution in [2.75, 3.05) is 43.6 Å². The summed E-state index contributed by atoms with van der Waals surface area (Å²) in [5, 5.41) is 13.7. The molecule has 0 saturated carbocycles. The summed E-state index contributed by atoms with van der Waals surface area (Å²) in [6.07, 6.45) is 6.56. The van der Waals surface area contributed by atoms with Gasteiger partial charge in [0.1, 0.15) is 23.0 Å². The molecule has 1 saturated heterocycles. The van der Waals surface area contributed by atoms with Crippen molar-refractivity contribution in [1.82, 2.24) is 14.5 Å². The lowest BCUT2D eigenvalue weighted by Crippen LogP contribution is -2.35. The Balaban J connectivity index is 1.53. The fourth-order valence-electron chi connectivity index (χ4n) is 5.04. The SMILES string of the molecule is COCCNc1ccc(-n2cc(C(=O)O)c(=O)c3cc(C)c(N4CCCC4COc4ncccc4Cl)cc32)cn1. The predicted molar refractivity (Wildman–Crippen MR) is 155 cm³/mol. The zero-order valence-electron chi connectivity index (χ0n) is 22.3. The van der Waals surface area contributed by atoms with Crippen LogP contribution in [0, 0.1) is 6.92 Å². The number of halogens is 1. The molecular formula is C29H30ClN5O5. The summed E-state index contributed by atoms with van der Waals surface area (Å²) in [4.78, 5) is 36.1. The second-order valence-corrected chi connectivity index (χ2v) is 10.0. The van der Waals surface area contributed by atoms with Gasteiger partial charge in [0.15, 0.2) is 0 Å². The van der Waals surface area contributed by atoms with Crippen molar-refractivity contribution in [3.05, 3.63) is 81.4 Å². The first-order chi connectivity index (χ1) is 19.4. The zero-order valence-corrected chi connectivity index (χ0v) is 23.0. The molecule has 208 valence electrons. The van der Waals surface area contributed by atoms with E-state index in [1.54, 1.807) is 48.3 Å². The number of methoxy groups -OCH3 is 1. The summed E-state index contributed by atoms with van der Waals surface area (Å²) in [5.41, 5.74) is 2.22. The van der Waals surface area contributed by atoms with E-state index in [2.05, 4.69) is 20.2 Å². The van der Waals surface area contributed by atoms with Crippen LogP contribution in [0.15, 0.2) is 59.8 Å². The number of nitrogens with zero attached hydrogens (tertiary/aromatic N) is 4. The van der Waals surface area contributed by atoms with E-state index in [0.717, 1.165) is 30.6 Å². The first-order valence-electron chi connectivity index (χ1n) is 13.0. The van der Waals surface area contributed by atoms with Gasteiger partial charge in [0.05, 0.1) is 30.0 Å². The third kappa shape index (κ3) is 5.59. The number of aromatic nitrogens is 3. The molecule has 0 aliphatic carbocycles. The van der Waals surface area contributed by atoms with Gasteiger partial charge in [-0.05, 0) is 61.7 Å². The molecule has 40 heavy (non-hydrogen) atoms. The van der Waals surface area contributed by atoms with E-state index in [0.29, 0.717) is 53.1 Å². The number of pyridine rings is 3. The highest BCUT2D eigenvalue weighted by atomic mass is 35.5. The molecule has 0 bridgehead atoms. The number of hydrogen-bond acceptors (Lipinski definition) is 8. The minimum Gasteiger partial charge on any atom is -0.477 e. The Morgan fingerprint density at radius 1 is 1.25 bits per heavy atom. The average Bonchev–Trinajstić information content (AvgIpc) is 3.41. The number of anilines is 2. The van der Waals surface area contributed by atoms with Crippen LogP contribution in [0.2, 0.25) is 5.02 Å². The fraction of sp³-hybridized carbons (Fsp3) is 0.310. The van der Waals surface area contributed by atoms with Crippen molar-refractivity contribution in [3.8, 4) is 11.6 Å². The summed E-state index contributed by atoms with van der Waals surface area (Å²) >= 11 is 6.23. The molecule has 0 spiro atoms. The maximum atomic E-state index is 13.2. The average molecular weight is 564 g/mol. The number of carboxylic acids is 1. The molecule has 10 nitrogen and oxygen atoms in total. The molecule has 1 aliphatic heterocycles. The highest BCUT2D eigenvalue weighted by Gasteiger charge is 2.28. The van der Waals surface area contributed by atoms with E-state index in [9.17, 15) is 14.7 Å². The Morgan fingerprint density at radius 2 is 2.10 bits per heavy atom. The maximum Gasteiger partial charge on any atom is 0.341 e. The highest BCUT2D eigenvalue weighted by Crippen LogP contribution is 2.33. The largest absolute Gasteiger partial charge is 0.477 e. The van der Waals surface area contributed by atoms with Crippen molar-refractivity contribution in [3.63, 3.8) is 0 Å². The molecule has 5 rings (SSSR count). The Labute approximate surface area is 236 Å². The van der Waals surface area contributed by atoms with Crippen LogP contribution < -0.4 is 20.4 Å². The highest BCUT2D eigenvalue weighted by molar-refractivity contribution is 6.31. The third-order valence-electron chi connectivity index (χ3n) is 7.01. The van der Waals surface area contributed by atoms with Crippen LogP contribution in [0.5, 0.6) is 5.88 Å². The predicted octanol–water partition coefficient (Wildman–Crippen LogP) is 4.55. The van der Waals surface area contributed by atoms with E-state index >= 15 is 0 Å². The number of fused-ring (bicyclic) bond motifs is 1. The molecule has 4 heterocycles. The van der Waals surface area contributed by atoms with Crippen LogP contribution in [0.1, 0.15) is 28.8 Å². The van der Waals surface area contributed by atoms with Crippen LogP contribution >= 0.6 is 11.6 Å². The molecular weight excluding hydrogens is 534 g/mol. The van der Waals surface area contributed by atoms with Crippen molar-refractivity contribution >= 4 is 40.0 Å². The number of hydrogen-bond donors (Lipinski definition) is 2. The number of aryl methyl sites for hydroxylation is 1. The molecule has 0 radical (unpaired) electrons. The number of rotatable bonds is 10. The summed E-state index contributed by atoms with van der Waals surface area (Å²) in [7, 11) is 1.63. The molecule has 3 aromatic heterocycles. The first-order valence-corrected chi connectivity index (χ1v) is 13.4. The van der Waals surface area contributed by atoms with Crippen molar-refractivity contribution in [2.45, 2.75) is 25.8 Å². The van der Waals surface area contributed by atoms with Crippen molar-refractivity contribution < 1.29 is 19.4 Å². The zero-order chi connectivity index (χ0) is 28.2. The van der Waals surface area contributed by atoms with Crippen LogP contribution in [0.25, 0.3) is 16.6 Å². The van der Waals surface area contributed by atoms with Gasteiger partial charge in [-0.3, -0.25) is 4.79 Å². The number of benzene rings is 1. The lowest BCUT2D eigenvalue weighted by molar-refractivity contribution is 0.0695. The third-order valence-corrected chi connectivity index (χ3v) is 7.30. The van der Waals surface area contributed by atoms with Gasteiger partial charge in [-0.25, -0.2) is 14.8 Å². The second kappa shape index (κ2) is 11.9. The summed E-state index contributed by atoms with van der Waals surface area (Å²) < 4.78 is 12.8. The fourth-order valence-corrected chi connectivity index (χ4v) is 5.21. The minimum absolute atomic E-state index is 0.0758. The smallest absolute Gasteiger partial charge is 0.341 e. The van der Waals surface area contributed by atoms with Crippen LogP contribution in [0.3, 0.4) is 0 Å². The Bertz CT molecular complexity index is 1590. The van der Waals surface area contributed by atoms with Crippen molar-refractivity contribution in [2.24, 2.45) is 0 Å². The Hall–Kier alpha value is -4.15.